The molecule has 0 radical (unpaired) electrons. The van der Waals surface area contributed by atoms with E-state index in [0.29, 0.717) is 29.5 Å². The van der Waals surface area contributed by atoms with Crippen LogP contribution in [0.25, 0.3) is 0 Å². The Hall–Kier alpha value is -2.47. The van der Waals surface area contributed by atoms with Crippen LogP contribution in [0.15, 0.2) is 46.2 Å². The molecule has 0 unspecified atom stereocenters. The van der Waals surface area contributed by atoms with Gasteiger partial charge in [-0.2, -0.15) is 0 Å². The minimum absolute atomic E-state index is 0.108. The molecule has 1 heterocycles. The fourth-order valence-corrected chi connectivity index (χ4v) is 4.60. The van der Waals surface area contributed by atoms with Gasteiger partial charge in [0.25, 0.3) is 0 Å². The molecule has 2 aromatic carbocycles. The van der Waals surface area contributed by atoms with E-state index in [-0.39, 0.29) is 21.1 Å². The molecular weight excluding hydrogens is 314 g/mol. The highest BCUT2D eigenvalue weighted by Gasteiger charge is 2.28. The van der Waals surface area contributed by atoms with Gasteiger partial charge in [0.05, 0.1) is 9.79 Å². The Labute approximate surface area is 134 Å². The van der Waals surface area contributed by atoms with Gasteiger partial charge in [0.15, 0.2) is 5.78 Å². The van der Waals surface area contributed by atoms with E-state index in [2.05, 4.69) is 0 Å². The molecular formula is C17H15NO4S. The minimum Gasteiger partial charge on any atom is -0.366 e. The number of ketones is 1. The molecule has 6 heteroatoms. The van der Waals surface area contributed by atoms with E-state index in [1.807, 2.05) is 0 Å². The number of hydrogen-bond donors (Lipinski definition) is 1. The molecule has 1 amide bonds. The van der Waals surface area contributed by atoms with Gasteiger partial charge in [-0.25, -0.2) is 8.42 Å². The van der Waals surface area contributed by atoms with E-state index >= 15 is 0 Å². The molecule has 23 heavy (non-hydrogen) atoms. The second-order valence-electron chi connectivity index (χ2n) is 5.57. The molecule has 3 rings (SSSR count). The Bertz CT molecular complexity index is 945. The van der Waals surface area contributed by atoms with Gasteiger partial charge in [-0.05, 0) is 55.2 Å². The van der Waals surface area contributed by atoms with Gasteiger partial charge < -0.3 is 5.73 Å². The molecule has 0 spiro atoms. The van der Waals surface area contributed by atoms with E-state index < -0.39 is 15.7 Å². The van der Waals surface area contributed by atoms with E-state index in [1.54, 1.807) is 12.1 Å². The Morgan fingerprint density at radius 2 is 1.57 bits per heavy atom. The number of aryl methyl sites for hydroxylation is 2. The van der Waals surface area contributed by atoms with Crippen molar-refractivity contribution in [1.82, 2.24) is 0 Å². The van der Waals surface area contributed by atoms with E-state index in [9.17, 15) is 18.0 Å². The third kappa shape index (κ3) is 2.55. The predicted octanol–water partition coefficient (Wildman–Crippen LogP) is 1.92. The lowest BCUT2D eigenvalue weighted by Crippen LogP contribution is -2.13. The highest BCUT2D eigenvalue weighted by molar-refractivity contribution is 7.91. The first-order valence-corrected chi connectivity index (χ1v) is 8.60. The summed E-state index contributed by atoms with van der Waals surface area (Å²) in [4.78, 5) is 23.2. The maximum Gasteiger partial charge on any atom is 0.248 e. The lowest BCUT2D eigenvalue weighted by molar-refractivity contribution is 0.0996. The second-order valence-corrected chi connectivity index (χ2v) is 7.46. The van der Waals surface area contributed by atoms with Crippen molar-refractivity contribution in [3.8, 4) is 0 Å². The number of nitrogens with two attached hydrogens (primary N) is 1. The highest BCUT2D eigenvalue weighted by Crippen LogP contribution is 2.33. The predicted molar refractivity (Wildman–Crippen MR) is 84.3 cm³/mol. The normalized spacial score (nSPS) is 15.2. The Morgan fingerprint density at radius 3 is 2.22 bits per heavy atom. The maximum atomic E-state index is 12.9. The van der Waals surface area contributed by atoms with E-state index in [1.165, 1.54) is 31.2 Å². The zero-order chi connectivity index (χ0) is 16.8. The topological polar surface area (TPSA) is 94.3 Å². The number of benzene rings is 2. The zero-order valence-electron chi connectivity index (χ0n) is 12.5. The fourth-order valence-electron chi connectivity index (χ4n) is 2.81. The molecule has 0 fully saturated rings. The first kappa shape index (κ1) is 15.4. The second kappa shape index (κ2) is 5.31. The smallest absolute Gasteiger partial charge is 0.248 e. The van der Waals surface area contributed by atoms with Crippen molar-refractivity contribution in [2.24, 2.45) is 5.73 Å². The first-order chi connectivity index (χ1) is 10.8. The van der Waals surface area contributed by atoms with Crippen LogP contribution in [0.1, 0.15) is 38.8 Å². The van der Waals surface area contributed by atoms with Crippen LogP contribution in [-0.4, -0.2) is 20.1 Å². The van der Waals surface area contributed by atoms with Crippen LogP contribution >= 0.6 is 0 Å². The quantitative estimate of drug-likeness (QED) is 0.852. The average Bonchev–Trinajstić information content (AvgIpc) is 2.62. The van der Waals surface area contributed by atoms with Crippen LogP contribution in [0.4, 0.5) is 0 Å². The van der Waals surface area contributed by atoms with Crippen LogP contribution in [0.5, 0.6) is 0 Å². The molecule has 0 saturated carbocycles. The van der Waals surface area contributed by atoms with Crippen molar-refractivity contribution in [2.45, 2.75) is 29.6 Å². The van der Waals surface area contributed by atoms with Crippen LogP contribution in [-0.2, 0) is 22.7 Å². The SMILES string of the molecule is CC(=O)c1ccc2c(c1)CCc1ccc(C(N)=O)cc1S2(=O)=O. The third-order valence-corrected chi connectivity index (χ3v) is 6.00. The number of primary amides is 1. The molecule has 5 nitrogen and oxygen atoms in total. The van der Waals surface area contributed by atoms with Crippen molar-refractivity contribution in [2.75, 3.05) is 0 Å². The summed E-state index contributed by atoms with van der Waals surface area (Å²) in [5.74, 6) is -0.776. The molecule has 0 atom stereocenters. The van der Waals surface area contributed by atoms with Crippen molar-refractivity contribution < 1.29 is 18.0 Å². The monoisotopic (exact) mass is 329 g/mol. The summed E-state index contributed by atoms with van der Waals surface area (Å²) < 4.78 is 25.9. The number of carbonyl (C=O) groups excluding carboxylic acids is 2. The van der Waals surface area contributed by atoms with Gasteiger partial charge in [-0.15, -0.1) is 0 Å². The van der Waals surface area contributed by atoms with Gasteiger partial charge in [0, 0.05) is 11.1 Å². The van der Waals surface area contributed by atoms with Crippen LogP contribution in [0.3, 0.4) is 0 Å². The Morgan fingerprint density at radius 1 is 0.913 bits per heavy atom. The lowest BCUT2D eigenvalue weighted by Gasteiger charge is -2.09. The summed E-state index contributed by atoms with van der Waals surface area (Å²) in [5, 5.41) is 0. The number of hydrogen-bond acceptors (Lipinski definition) is 4. The summed E-state index contributed by atoms with van der Waals surface area (Å²) in [6.07, 6.45) is 1.03. The summed E-state index contributed by atoms with van der Waals surface area (Å²) in [5.41, 5.74) is 7.17. The largest absolute Gasteiger partial charge is 0.366 e. The van der Waals surface area contributed by atoms with Gasteiger partial charge >= 0.3 is 0 Å². The van der Waals surface area contributed by atoms with E-state index in [0.717, 1.165) is 0 Å². The summed E-state index contributed by atoms with van der Waals surface area (Å²) >= 11 is 0. The molecule has 1 aliphatic heterocycles. The van der Waals surface area contributed by atoms with Gasteiger partial charge in [-0.3, -0.25) is 9.59 Å². The van der Waals surface area contributed by atoms with Crippen molar-refractivity contribution in [3.05, 3.63) is 58.7 Å². The molecule has 0 saturated heterocycles. The van der Waals surface area contributed by atoms with Crippen LogP contribution in [0, 0.1) is 0 Å². The van der Waals surface area contributed by atoms with Crippen LogP contribution < -0.4 is 5.73 Å². The molecule has 0 aromatic heterocycles. The number of carbonyl (C=O) groups is 2. The minimum atomic E-state index is -3.76. The Balaban J connectivity index is 2.24. The number of fused-ring (bicyclic) bond motifs is 2. The van der Waals surface area contributed by atoms with Gasteiger partial charge in [0.1, 0.15) is 0 Å². The first-order valence-electron chi connectivity index (χ1n) is 7.12. The van der Waals surface area contributed by atoms with Crippen molar-refractivity contribution >= 4 is 21.5 Å². The standard InChI is InChI=1S/C17H15NO4S/c1-10(19)12-6-7-15-13(8-12)4-2-11-3-5-14(17(18)20)9-16(11)23(15,21)22/h3,5-9H,2,4H2,1H3,(H2,18,20). The number of rotatable bonds is 2. The number of amides is 1. The third-order valence-electron chi connectivity index (χ3n) is 4.06. The average molecular weight is 329 g/mol. The lowest BCUT2D eigenvalue weighted by atomic mass is 10.0. The Kier molecular flexibility index (Phi) is 3.56. The zero-order valence-corrected chi connectivity index (χ0v) is 13.3. The molecule has 118 valence electrons. The van der Waals surface area contributed by atoms with Crippen molar-refractivity contribution in [1.29, 1.82) is 0 Å². The number of sulfone groups is 1. The number of Topliss-reactive ketones (excluding diaryl/α,β-unsaturated/α-hetero) is 1. The van der Waals surface area contributed by atoms with E-state index in [4.69, 9.17) is 5.73 Å². The molecule has 2 aromatic rings. The van der Waals surface area contributed by atoms with Crippen molar-refractivity contribution in [3.63, 3.8) is 0 Å². The molecule has 0 aliphatic carbocycles. The van der Waals surface area contributed by atoms with Gasteiger partial charge in [0.2, 0.25) is 15.7 Å². The van der Waals surface area contributed by atoms with Crippen LogP contribution in [0.2, 0.25) is 0 Å². The molecule has 0 bridgehead atoms. The summed E-state index contributed by atoms with van der Waals surface area (Å²) in [6, 6.07) is 9.12. The fraction of sp³-hybridized carbons (Fsp3) is 0.176. The maximum absolute atomic E-state index is 12.9. The highest BCUT2D eigenvalue weighted by atomic mass is 32.2. The summed E-state index contributed by atoms with van der Waals surface area (Å²) in [6.45, 7) is 1.45. The molecule has 1 aliphatic rings. The molecule has 2 N–H and O–H groups in total. The van der Waals surface area contributed by atoms with Gasteiger partial charge in [-0.1, -0.05) is 12.1 Å². The summed E-state index contributed by atoms with van der Waals surface area (Å²) in [7, 11) is -3.76.